The van der Waals surface area contributed by atoms with Crippen LogP contribution in [0.1, 0.15) is 24.0 Å². The lowest BCUT2D eigenvalue weighted by Crippen LogP contribution is -2.46. The molecule has 1 fully saturated rings. The molecular weight excluding hydrogens is 392 g/mol. The highest BCUT2D eigenvalue weighted by Crippen LogP contribution is 2.28. The van der Waals surface area contributed by atoms with Crippen LogP contribution in [0.3, 0.4) is 0 Å². The lowest BCUT2D eigenvalue weighted by molar-refractivity contribution is 0.238. The molecule has 0 atom stereocenters. The number of hydrogen-bond donors (Lipinski definition) is 1. The van der Waals surface area contributed by atoms with Crippen molar-refractivity contribution in [3.63, 3.8) is 0 Å². The van der Waals surface area contributed by atoms with Crippen LogP contribution in [0.15, 0.2) is 42.7 Å². The molecule has 166 valence electrons. The number of nitrogens with zero attached hydrogens (tertiary/aromatic N) is 4. The van der Waals surface area contributed by atoms with Gasteiger partial charge in [0.2, 0.25) is 0 Å². The highest BCUT2D eigenvalue weighted by molar-refractivity contribution is 5.64. The van der Waals surface area contributed by atoms with Crippen LogP contribution in [-0.4, -0.2) is 66.1 Å². The largest absolute Gasteiger partial charge is 0.495 e. The summed E-state index contributed by atoms with van der Waals surface area (Å²) in [5.74, 6) is 1.82. The van der Waals surface area contributed by atoms with Crippen LogP contribution in [0.25, 0.3) is 5.52 Å². The van der Waals surface area contributed by atoms with Gasteiger partial charge in [-0.15, -0.1) is 0 Å². The lowest BCUT2D eigenvalue weighted by atomic mass is 10.1. The summed E-state index contributed by atoms with van der Waals surface area (Å²) in [6.45, 7) is 7.98. The maximum Gasteiger partial charge on any atom is 0.142 e. The van der Waals surface area contributed by atoms with Gasteiger partial charge in [-0.25, -0.2) is 4.52 Å². The minimum Gasteiger partial charge on any atom is -0.495 e. The van der Waals surface area contributed by atoms with E-state index in [-0.39, 0.29) is 6.61 Å². The summed E-state index contributed by atoms with van der Waals surface area (Å²) in [5.41, 5.74) is 3.98. The number of unbranched alkanes of at least 4 members (excludes halogenated alkanes) is 1. The van der Waals surface area contributed by atoms with Crippen LogP contribution < -0.4 is 14.4 Å². The molecule has 3 aromatic rings. The van der Waals surface area contributed by atoms with Crippen molar-refractivity contribution >= 4 is 11.2 Å². The summed E-state index contributed by atoms with van der Waals surface area (Å²) in [7, 11) is 1.73. The van der Waals surface area contributed by atoms with E-state index in [4.69, 9.17) is 9.47 Å². The molecule has 0 spiro atoms. The van der Waals surface area contributed by atoms with E-state index >= 15 is 0 Å². The first kappa shape index (κ1) is 21.5. The fourth-order valence-electron chi connectivity index (χ4n) is 4.30. The van der Waals surface area contributed by atoms with Crippen LogP contribution in [0.5, 0.6) is 11.5 Å². The third-order valence-corrected chi connectivity index (χ3v) is 6.06. The second-order valence-corrected chi connectivity index (χ2v) is 7.98. The van der Waals surface area contributed by atoms with Crippen LogP contribution >= 0.6 is 0 Å². The van der Waals surface area contributed by atoms with Gasteiger partial charge >= 0.3 is 0 Å². The van der Waals surface area contributed by atoms with Gasteiger partial charge in [0.1, 0.15) is 11.5 Å². The highest BCUT2D eigenvalue weighted by atomic mass is 16.5. The summed E-state index contributed by atoms with van der Waals surface area (Å²) in [6.07, 6.45) is 5.73. The Morgan fingerprint density at radius 2 is 1.84 bits per heavy atom. The zero-order valence-corrected chi connectivity index (χ0v) is 18.5. The van der Waals surface area contributed by atoms with E-state index < -0.39 is 0 Å². The van der Waals surface area contributed by atoms with Gasteiger partial charge in [-0.05, 0) is 44.5 Å². The predicted molar refractivity (Wildman–Crippen MR) is 122 cm³/mol. The maximum atomic E-state index is 9.51. The Hall–Kier alpha value is -2.77. The van der Waals surface area contributed by atoms with E-state index in [0.29, 0.717) is 6.61 Å². The van der Waals surface area contributed by atoms with Gasteiger partial charge in [-0.3, -0.25) is 4.90 Å². The molecule has 1 aliphatic heterocycles. The minimum atomic E-state index is -0.0158. The van der Waals surface area contributed by atoms with Crippen LogP contribution in [0.4, 0.5) is 5.69 Å². The molecule has 0 radical (unpaired) electrons. The fraction of sp³-hybridized carbons (Fsp3) is 0.458. The number of piperazine rings is 1. The van der Waals surface area contributed by atoms with E-state index in [0.717, 1.165) is 73.7 Å². The monoisotopic (exact) mass is 424 g/mol. The Labute approximate surface area is 183 Å². The number of ether oxygens (including phenoxy) is 2. The number of methoxy groups -OCH3 is 1. The molecule has 7 nitrogen and oxygen atoms in total. The average molecular weight is 425 g/mol. The van der Waals surface area contributed by atoms with Crippen molar-refractivity contribution in [1.82, 2.24) is 14.5 Å². The van der Waals surface area contributed by atoms with Gasteiger partial charge < -0.3 is 19.5 Å². The smallest absolute Gasteiger partial charge is 0.142 e. The summed E-state index contributed by atoms with van der Waals surface area (Å²) < 4.78 is 13.3. The van der Waals surface area contributed by atoms with Gasteiger partial charge in [-0.1, -0.05) is 12.1 Å². The SMILES string of the molecule is COc1ccccc1N1CCN(CCCCOc2ccn3ncc(CO)c3c2C)CC1. The molecule has 0 unspecified atom stereocenters. The van der Waals surface area contributed by atoms with Crippen molar-refractivity contribution in [3.8, 4) is 11.5 Å². The number of aliphatic hydroxyl groups is 1. The molecule has 7 heteroatoms. The maximum absolute atomic E-state index is 9.51. The number of fused-ring (bicyclic) bond motifs is 1. The number of rotatable bonds is 9. The summed E-state index contributed by atoms with van der Waals surface area (Å²) >= 11 is 0. The first-order chi connectivity index (χ1) is 15.2. The summed E-state index contributed by atoms with van der Waals surface area (Å²) in [4.78, 5) is 4.94. The number of benzene rings is 1. The number of hydrogen-bond acceptors (Lipinski definition) is 6. The Morgan fingerprint density at radius 3 is 2.61 bits per heavy atom. The quantitative estimate of drug-likeness (QED) is 0.533. The first-order valence-electron chi connectivity index (χ1n) is 11.0. The van der Waals surface area contributed by atoms with E-state index in [9.17, 15) is 5.11 Å². The zero-order valence-electron chi connectivity index (χ0n) is 18.5. The second kappa shape index (κ2) is 10.0. The van der Waals surface area contributed by atoms with Gasteiger partial charge in [0.05, 0.1) is 37.7 Å². The van der Waals surface area contributed by atoms with E-state index in [1.807, 2.05) is 31.3 Å². The third-order valence-electron chi connectivity index (χ3n) is 6.06. The Morgan fingerprint density at radius 1 is 1.03 bits per heavy atom. The molecule has 2 aromatic heterocycles. The number of aromatic nitrogens is 2. The molecule has 0 aliphatic carbocycles. The first-order valence-corrected chi connectivity index (χ1v) is 11.0. The second-order valence-electron chi connectivity index (χ2n) is 7.98. The molecule has 1 aromatic carbocycles. The normalized spacial score (nSPS) is 14.9. The van der Waals surface area contributed by atoms with Crippen molar-refractivity contribution in [2.45, 2.75) is 26.4 Å². The van der Waals surface area contributed by atoms with Gasteiger partial charge in [0.15, 0.2) is 0 Å². The van der Waals surface area contributed by atoms with Gasteiger partial charge in [-0.2, -0.15) is 5.10 Å². The highest BCUT2D eigenvalue weighted by Gasteiger charge is 2.19. The number of aliphatic hydroxyl groups excluding tert-OH is 1. The molecule has 1 N–H and O–H groups in total. The van der Waals surface area contributed by atoms with Crippen LogP contribution in [-0.2, 0) is 6.61 Å². The average Bonchev–Trinajstić information content (AvgIpc) is 3.24. The Balaban J connectivity index is 1.20. The number of anilines is 1. The molecule has 4 rings (SSSR count). The molecule has 0 bridgehead atoms. The van der Waals surface area contributed by atoms with Gasteiger partial charge in [0.25, 0.3) is 0 Å². The third kappa shape index (κ3) is 4.78. The Kier molecular flexibility index (Phi) is 6.94. The van der Waals surface area contributed by atoms with Crippen LogP contribution in [0, 0.1) is 6.92 Å². The van der Waals surface area contributed by atoms with E-state index in [1.54, 1.807) is 17.8 Å². The van der Waals surface area contributed by atoms with Crippen molar-refractivity contribution in [3.05, 3.63) is 53.9 Å². The van der Waals surface area contributed by atoms with Crippen molar-refractivity contribution in [2.24, 2.45) is 0 Å². The van der Waals surface area contributed by atoms with Crippen molar-refractivity contribution in [1.29, 1.82) is 0 Å². The lowest BCUT2D eigenvalue weighted by Gasteiger charge is -2.36. The molecule has 1 saturated heterocycles. The zero-order chi connectivity index (χ0) is 21.6. The topological polar surface area (TPSA) is 62.5 Å². The molecule has 31 heavy (non-hydrogen) atoms. The predicted octanol–water partition coefficient (Wildman–Crippen LogP) is 3.12. The van der Waals surface area contributed by atoms with Crippen molar-refractivity contribution < 1.29 is 14.6 Å². The molecule has 0 saturated carbocycles. The van der Waals surface area contributed by atoms with E-state index in [2.05, 4.69) is 27.0 Å². The van der Waals surface area contributed by atoms with E-state index in [1.165, 1.54) is 5.69 Å². The minimum absolute atomic E-state index is 0.0158. The number of aryl methyl sites for hydroxylation is 1. The molecule has 0 amide bonds. The number of pyridine rings is 1. The molecular formula is C24H32N4O3. The van der Waals surface area contributed by atoms with Gasteiger partial charge in [0, 0.05) is 43.5 Å². The number of para-hydroxylation sites is 2. The summed E-state index contributed by atoms with van der Waals surface area (Å²) in [5, 5.41) is 13.8. The Bertz CT molecular complexity index is 996. The molecule has 1 aliphatic rings. The summed E-state index contributed by atoms with van der Waals surface area (Å²) in [6, 6.07) is 10.2. The fourth-order valence-corrected chi connectivity index (χ4v) is 4.30. The van der Waals surface area contributed by atoms with Crippen LogP contribution in [0.2, 0.25) is 0 Å². The standard InChI is InChI=1S/C24H32N4O3/c1-19-22(9-11-28-24(19)20(18-29)17-25-28)31-16-6-5-10-26-12-14-27(15-13-26)21-7-3-4-8-23(21)30-2/h3-4,7-9,11,17,29H,5-6,10,12-16,18H2,1-2H3. The molecule has 3 heterocycles. The van der Waals surface area contributed by atoms with Crippen molar-refractivity contribution in [2.75, 3.05) is 51.3 Å².